The third kappa shape index (κ3) is 3.69. The molecular formula is C10H18N6OS. The van der Waals surface area contributed by atoms with Crippen LogP contribution in [-0.2, 0) is 4.79 Å². The number of aromatic nitrogens is 3. The van der Waals surface area contributed by atoms with E-state index >= 15 is 0 Å². The monoisotopic (exact) mass is 270 g/mol. The highest BCUT2D eigenvalue weighted by molar-refractivity contribution is 7.99. The summed E-state index contributed by atoms with van der Waals surface area (Å²) in [5.74, 6) is 1.61. The molecule has 1 aliphatic rings. The van der Waals surface area contributed by atoms with Crippen molar-refractivity contribution in [3.05, 3.63) is 5.82 Å². The van der Waals surface area contributed by atoms with Crippen molar-refractivity contribution >= 4 is 17.7 Å². The molecule has 0 radical (unpaired) electrons. The molecule has 8 heteroatoms. The number of aromatic amines is 1. The molecule has 4 N–H and O–H groups in total. The SMILES string of the molecule is Cc1nc(SCCNC(=O)C2CC(C)NN2)n[nH]1. The number of hydrazine groups is 1. The molecule has 1 aromatic heterocycles. The molecule has 2 unspecified atom stereocenters. The first-order valence-electron chi connectivity index (χ1n) is 5.95. The molecule has 1 fully saturated rings. The van der Waals surface area contributed by atoms with E-state index in [1.165, 1.54) is 11.8 Å². The second kappa shape index (κ2) is 6.17. The lowest BCUT2D eigenvalue weighted by Gasteiger charge is -2.09. The third-order valence-electron chi connectivity index (χ3n) is 2.62. The summed E-state index contributed by atoms with van der Waals surface area (Å²) in [7, 11) is 0. The first-order chi connectivity index (χ1) is 8.65. The number of thioether (sulfide) groups is 1. The number of carbonyl (C=O) groups is 1. The molecule has 1 amide bonds. The highest BCUT2D eigenvalue weighted by Crippen LogP contribution is 2.10. The van der Waals surface area contributed by atoms with Crippen LogP contribution in [0.3, 0.4) is 0 Å². The second-order valence-electron chi connectivity index (χ2n) is 4.32. The summed E-state index contributed by atoms with van der Waals surface area (Å²) in [6.45, 7) is 4.52. The summed E-state index contributed by atoms with van der Waals surface area (Å²) in [4.78, 5) is 15.9. The third-order valence-corrected chi connectivity index (χ3v) is 3.47. The Morgan fingerprint density at radius 3 is 3.00 bits per heavy atom. The number of aryl methyl sites for hydroxylation is 1. The summed E-state index contributed by atoms with van der Waals surface area (Å²) >= 11 is 1.52. The Bertz CT molecular complexity index is 409. The molecule has 2 rings (SSSR count). The van der Waals surface area contributed by atoms with Crippen LogP contribution in [0.4, 0.5) is 0 Å². The molecule has 0 aliphatic carbocycles. The minimum Gasteiger partial charge on any atom is -0.354 e. The maximum Gasteiger partial charge on any atom is 0.238 e. The van der Waals surface area contributed by atoms with Gasteiger partial charge in [-0.15, -0.1) is 5.10 Å². The summed E-state index contributed by atoms with van der Waals surface area (Å²) in [6, 6.07) is 0.210. The smallest absolute Gasteiger partial charge is 0.238 e. The van der Waals surface area contributed by atoms with Gasteiger partial charge < -0.3 is 5.32 Å². The van der Waals surface area contributed by atoms with Gasteiger partial charge in [-0.05, 0) is 20.3 Å². The second-order valence-corrected chi connectivity index (χ2v) is 5.38. The number of nitrogens with zero attached hydrogens (tertiary/aromatic N) is 2. The zero-order chi connectivity index (χ0) is 13.0. The van der Waals surface area contributed by atoms with E-state index in [9.17, 15) is 4.79 Å². The largest absolute Gasteiger partial charge is 0.354 e. The maximum absolute atomic E-state index is 11.7. The lowest BCUT2D eigenvalue weighted by atomic mass is 10.1. The maximum atomic E-state index is 11.7. The average Bonchev–Trinajstić information content (AvgIpc) is 2.93. The Morgan fingerprint density at radius 1 is 1.56 bits per heavy atom. The van der Waals surface area contributed by atoms with Crippen LogP contribution in [0.1, 0.15) is 19.2 Å². The van der Waals surface area contributed by atoms with Gasteiger partial charge in [-0.25, -0.2) is 10.4 Å². The Morgan fingerprint density at radius 2 is 2.39 bits per heavy atom. The summed E-state index contributed by atoms with van der Waals surface area (Å²) < 4.78 is 0. The van der Waals surface area contributed by atoms with Gasteiger partial charge >= 0.3 is 0 Å². The van der Waals surface area contributed by atoms with Crippen molar-refractivity contribution < 1.29 is 4.79 Å². The number of amides is 1. The Labute approximate surface area is 110 Å². The highest BCUT2D eigenvalue weighted by atomic mass is 32.2. The van der Waals surface area contributed by atoms with E-state index in [4.69, 9.17) is 0 Å². The van der Waals surface area contributed by atoms with Gasteiger partial charge in [0.05, 0.1) is 0 Å². The standard InChI is InChI=1S/C10H18N6OS/c1-6-5-8(15-13-6)9(17)11-3-4-18-10-12-7(2)14-16-10/h6,8,13,15H,3-5H2,1-2H3,(H,11,17)(H,12,14,16). The topological polar surface area (TPSA) is 94.7 Å². The van der Waals surface area contributed by atoms with Gasteiger partial charge in [-0.1, -0.05) is 11.8 Å². The van der Waals surface area contributed by atoms with Gasteiger partial charge in [-0.3, -0.25) is 15.3 Å². The molecule has 0 saturated carbocycles. The van der Waals surface area contributed by atoms with E-state index in [0.29, 0.717) is 12.6 Å². The number of rotatable bonds is 5. The van der Waals surface area contributed by atoms with Crippen molar-refractivity contribution in [3.8, 4) is 0 Å². The van der Waals surface area contributed by atoms with Gasteiger partial charge in [0.15, 0.2) is 0 Å². The number of hydrogen-bond donors (Lipinski definition) is 4. The van der Waals surface area contributed by atoms with Crippen molar-refractivity contribution in [1.82, 2.24) is 31.3 Å². The molecule has 1 aliphatic heterocycles. The zero-order valence-electron chi connectivity index (χ0n) is 10.5. The first kappa shape index (κ1) is 13.3. The fourth-order valence-electron chi connectivity index (χ4n) is 1.71. The van der Waals surface area contributed by atoms with Gasteiger partial charge in [0.25, 0.3) is 0 Å². The summed E-state index contributed by atoms with van der Waals surface area (Å²) in [6.07, 6.45) is 0.819. The van der Waals surface area contributed by atoms with E-state index in [0.717, 1.165) is 23.2 Å². The molecule has 18 heavy (non-hydrogen) atoms. The van der Waals surface area contributed by atoms with Crippen molar-refractivity contribution in [2.45, 2.75) is 37.5 Å². The van der Waals surface area contributed by atoms with Crippen molar-refractivity contribution in [3.63, 3.8) is 0 Å². The van der Waals surface area contributed by atoms with Crippen molar-refractivity contribution in [1.29, 1.82) is 0 Å². The van der Waals surface area contributed by atoms with E-state index in [1.807, 2.05) is 13.8 Å². The lowest BCUT2D eigenvalue weighted by molar-refractivity contribution is -0.122. The van der Waals surface area contributed by atoms with E-state index < -0.39 is 0 Å². The van der Waals surface area contributed by atoms with Gasteiger partial charge in [0.2, 0.25) is 11.1 Å². The molecule has 1 aromatic rings. The minimum absolute atomic E-state index is 0.0404. The van der Waals surface area contributed by atoms with Crippen LogP contribution in [-0.4, -0.2) is 45.5 Å². The molecule has 7 nitrogen and oxygen atoms in total. The normalized spacial score (nSPS) is 23.2. The summed E-state index contributed by atoms with van der Waals surface area (Å²) in [5.41, 5.74) is 6.00. The zero-order valence-corrected chi connectivity index (χ0v) is 11.3. The number of nitrogens with one attached hydrogen (secondary N) is 4. The van der Waals surface area contributed by atoms with Crippen LogP contribution >= 0.6 is 11.8 Å². The van der Waals surface area contributed by atoms with Crippen LogP contribution < -0.4 is 16.2 Å². The molecule has 0 aromatic carbocycles. The average molecular weight is 270 g/mol. The quantitative estimate of drug-likeness (QED) is 0.429. The predicted molar refractivity (Wildman–Crippen MR) is 69.0 cm³/mol. The molecular weight excluding hydrogens is 252 g/mol. The van der Waals surface area contributed by atoms with Crippen LogP contribution in [0.2, 0.25) is 0 Å². The molecule has 2 atom stereocenters. The van der Waals surface area contributed by atoms with Gasteiger partial charge in [0.1, 0.15) is 11.9 Å². The molecule has 0 spiro atoms. The highest BCUT2D eigenvalue weighted by Gasteiger charge is 2.25. The number of carbonyl (C=O) groups excluding carboxylic acids is 1. The van der Waals surface area contributed by atoms with Crippen LogP contribution in [0.5, 0.6) is 0 Å². The summed E-state index contributed by atoms with van der Waals surface area (Å²) in [5, 5.41) is 10.4. The molecule has 1 saturated heterocycles. The Hall–Kier alpha value is -1.12. The van der Waals surface area contributed by atoms with E-state index in [1.54, 1.807) is 0 Å². The molecule has 0 bridgehead atoms. The van der Waals surface area contributed by atoms with Gasteiger partial charge in [-0.2, -0.15) is 0 Å². The van der Waals surface area contributed by atoms with Crippen LogP contribution in [0.25, 0.3) is 0 Å². The molecule has 2 heterocycles. The molecule has 100 valence electrons. The Kier molecular flexibility index (Phi) is 4.56. The van der Waals surface area contributed by atoms with Crippen LogP contribution in [0.15, 0.2) is 5.16 Å². The van der Waals surface area contributed by atoms with Crippen LogP contribution in [0, 0.1) is 6.92 Å². The minimum atomic E-state index is -0.129. The van der Waals surface area contributed by atoms with Crippen molar-refractivity contribution in [2.24, 2.45) is 0 Å². The van der Waals surface area contributed by atoms with E-state index in [-0.39, 0.29) is 11.9 Å². The van der Waals surface area contributed by atoms with Gasteiger partial charge in [0, 0.05) is 18.3 Å². The number of hydrogen-bond acceptors (Lipinski definition) is 6. The lowest BCUT2D eigenvalue weighted by Crippen LogP contribution is -2.43. The predicted octanol–water partition coefficient (Wildman–Crippen LogP) is -0.424. The fraction of sp³-hybridized carbons (Fsp3) is 0.700. The first-order valence-corrected chi connectivity index (χ1v) is 6.94. The number of H-pyrrole nitrogens is 1. The fourth-order valence-corrected chi connectivity index (χ4v) is 2.41. The van der Waals surface area contributed by atoms with Crippen molar-refractivity contribution in [2.75, 3.05) is 12.3 Å². The van der Waals surface area contributed by atoms with E-state index in [2.05, 4.69) is 31.3 Å². The Balaban J connectivity index is 1.62.